The Bertz CT molecular complexity index is 1050. The number of methoxy groups -OCH3 is 2. The summed E-state index contributed by atoms with van der Waals surface area (Å²) in [4.78, 5) is 28.3. The van der Waals surface area contributed by atoms with Gasteiger partial charge in [-0.1, -0.05) is 38.0 Å². The van der Waals surface area contributed by atoms with Gasteiger partial charge in [0.1, 0.15) is 17.2 Å². The van der Waals surface area contributed by atoms with Crippen LogP contribution < -0.4 is 20.1 Å². The third kappa shape index (κ3) is 6.06. The Morgan fingerprint density at radius 2 is 1.76 bits per heavy atom. The summed E-state index contributed by atoms with van der Waals surface area (Å²) in [7, 11) is 3.24. The fourth-order valence-corrected chi connectivity index (χ4v) is 3.96. The predicted octanol–water partition coefficient (Wildman–Crippen LogP) is 4.66. The van der Waals surface area contributed by atoms with Gasteiger partial charge >= 0.3 is 0 Å². The molecule has 0 aliphatic heterocycles. The van der Waals surface area contributed by atoms with Crippen molar-refractivity contribution in [3.8, 4) is 11.5 Å². The fraction of sp³-hybridized carbons (Fsp3) is 0.385. The lowest BCUT2D eigenvalue weighted by Crippen LogP contribution is -2.33. The Kier molecular flexibility index (Phi) is 8.35. The maximum absolute atomic E-state index is 12.8. The summed E-state index contributed by atoms with van der Waals surface area (Å²) in [5, 5.41) is 6.91. The Hall–Kier alpha value is -3.48. The van der Waals surface area contributed by atoms with Gasteiger partial charge in [0.2, 0.25) is 5.91 Å². The molecule has 7 nitrogen and oxygen atoms in total. The van der Waals surface area contributed by atoms with Crippen LogP contribution in [0.5, 0.6) is 11.5 Å². The minimum absolute atomic E-state index is 0.141. The summed E-state index contributed by atoms with van der Waals surface area (Å²) in [6.45, 7) is 4.33. The van der Waals surface area contributed by atoms with Crippen molar-refractivity contribution in [2.24, 2.45) is 0 Å². The number of fused-ring (bicyclic) bond motifs is 1. The summed E-state index contributed by atoms with van der Waals surface area (Å²) < 4.78 is 11.2. The van der Waals surface area contributed by atoms with E-state index in [0.29, 0.717) is 17.2 Å². The first kappa shape index (κ1) is 24.2. The normalized spacial score (nSPS) is 11.8. The van der Waals surface area contributed by atoms with Crippen molar-refractivity contribution in [3.05, 3.63) is 59.3 Å². The van der Waals surface area contributed by atoms with Gasteiger partial charge in [-0.3, -0.25) is 9.59 Å². The van der Waals surface area contributed by atoms with E-state index in [1.54, 1.807) is 14.2 Å². The summed E-state index contributed by atoms with van der Waals surface area (Å²) in [6, 6.07) is 13.2. The number of para-hydroxylation sites is 1. The number of carbonyl (C=O) groups is 2. The number of benzene rings is 2. The topological polar surface area (TPSA) is 92.5 Å². The number of unbranched alkanes of at least 4 members (excludes halogenated alkanes) is 1. The molecule has 1 atom stereocenters. The van der Waals surface area contributed by atoms with E-state index in [0.717, 1.165) is 41.3 Å². The number of aromatic amines is 1. The molecule has 0 saturated heterocycles. The lowest BCUT2D eigenvalue weighted by Gasteiger charge is -2.24. The molecule has 2 aromatic carbocycles. The quantitative estimate of drug-likeness (QED) is 0.395. The molecule has 0 aliphatic rings. The smallest absolute Gasteiger partial charge is 0.267 e. The average molecular weight is 452 g/mol. The zero-order chi connectivity index (χ0) is 23.8. The maximum atomic E-state index is 12.8. The van der Waals surface area contributed by atoms with E-state index < -0.39 is 0 Å². The van der Waals surface area contributed by atoms with E-state index in [1.807, 2.05) is 49.4 Å². The Balaban J connectivity index is 1.64. The van der Waals surface area contributed by atoms with Crippen molar-refractivity contribution in [3.63, 3.8) is 0 Å². The molecular formula is C26H33N3O4. The number of H-pyrrole nitrogens is 1. The second kappa shape index (κ2) is 11.4. The average Bonchev–Trinajstić information content (AvgIpc) is 3.25. The summed E-state index contributed by atoms with van der Waals surface area (Å²) >= 11 is 0. The van der Waals surface area contributed by atoms with Gasteiger partial charge in [0.15, 0.2) is 0 Å². The molecule has 1 aromatic heterocycles. The van der Waals surface area contributed by atoms with E-state index >= 15 is 0 Å². The number of carbonyl (C=O) groups excluding carboxylic acids is 2. The molecule has 0 saturated carbocycles. The van der Waals surface area contributed by atoms with Gasteiger partial charge in [-0.25, -0.2) is 0 Å². The van der Waals surface area contributed by atoms with Gasteiger partial charge in [0, 0.05) is 23.9 Å². The molecule has 0 spiro atoms. The summed E-state index contributed by atoms with van der Waals surface area (Å²) in [6.07, 6.45) is 2.89. The van der Waals surface area contributed by atoms with Gasteiger partial charge in [0.05, 0.1) is 25.8 Å². The van der Waals surface area contributed by atoms with Crippen LogP contribution in [0.3, 0.4) is 0 Å². The first-order valence-corrected chi connectivity index (χ1v) is 11.3. The SMILES string of the molecule is CCCC[C@@H](NC(=O)CCNC(=O)c1cc2ccccc2[nH]1)c1c(OC)cc(C)cc1OC. The van der Waals surface area contributed by atoms with Crippen molar-refractivity contribution in [2.45, 2.75) is 45.6 Å². The maximum Gasteiger partial charge on any atom is 0.267 e. The van der Waals surface area contributed by atoms with Gasteiger partial charge in [-0.2, -0.15) is 0 Å². The fourth-order valence-electron chi connectivity index (χ4n) is 3.96. The Labute approximate surface area is 194 Å². The van der Waals surface area contributed by atoms with E-state index in [-0.39, 0.29) is 30.8 Å². The summed E-state index contributed by atoms with van der Waals surface area (Å²) in [5.74, 6) is 1.02. The molecule has 0 radical (unpaired) electrons. The van der Waals surface area contributed by atoms with E-state index in [2.05, 4.69) is 22.5 Å². The number of nitrogens with one attached hydrogen (secondary N) is 3. The van der Waals surface area contributed by atoms with Crippen molar-refractivity contribution >= 4 is 22.7 Å². The zero-order valence-electron chi connectivity index (χ0n) is 19.8. The summed E-state index contributed by atoms with van der Waals surface area (Å²) in [5.41, 5.74) is 3.24. The highest BCUT2D eigenvalue weighted by molar-refractivity contribution is 5.98. The molecule has 3 aromatic rings. The van der Waals surface area contributed by atoms with Crippen LogP contribution in [0.2, 0.25) is 0 Å². The van der Waals surface area contributed by atoms with Crippen LogP contribution in [0.25, 0.3) is 10.9 Å². The Morgan fingerprint density at radius 3 is 2.39 bits per heavy atom. The van der Waals surface area contributed by atoms with Gasteiger partial charge < -0.3 is 25.1 Å². The molecule has 0 bridgehead atoms. The molecule has 176 valence electrons. The van der Waals surface area contributed by atoms with Gasteiger partial charge in [0.25, 0.3) is 5.91 Å². The second-order valence-electron chi connectivity index (χ2n) is 8.12. The third-order valence-corrected chi connectivity index (χ3v) is 5.63. The number of aryl methyl sites for hydroxylation is 1. The predicted molar refractivity (Wildman–Crippen MR) is 130 cm³/mol. The first-order chi connectivity index (χ1) is 16.0. The molecule has 0 unspecified atom stereocenters. The molecule has 33 heavy (non-hydrogen) atoms. The molecule has 1 heterocycles. The van der Waals surface area contributed by atoms with E-state index in [9.17, 15) is 9.59 Å². The third-order valence-electron chi connectivity index (χ3n) is 5.63. The highest BCUT2D eigenvalue weighted by Crippen LogP contribution is 2.37. The number of rotatable bonds is 11. The number of hydrogen-bond donors (Lipinski definition) is 3. The largest absolute Gasteiger partial charge is 0.496 e. The van der Waals surface area contributed by atoms with Crippen molar-refractivity contribution in [1.82, 2.24) is 15.6 Å². The lowest BCUT2D eigenvalue weighted by atomic mass is 9.97. The van der Waals surface area contributed by atoms with Crippen molar-refractivity contribution in [1.29, 1.82) is 0 Å². The van der Waals surface area contributed by atoms with Crippen molar-refractivity contribution < 1.29 is 19.1 Å². The molecule has 0 aliphatic carbocycles. The second-order valence-corrected chi connectivity index (χ2v) is 8.12. The monoisotopic (exact) mass is 451 g/mol. The number of amides is 2. The van der Waals surface area contributed by atoms with Crippen LogP contribution in [0.4, 0.5) is 0 Å². The van der Waals surface area contributed by atoms with Crippen LogP contribution in [-0.2, 0) is 4.79 Å². The molecule has 7 heteroatoms. The van der Waals surface area contributed by atoms with Gasteiger partial charge in [-0.05, 0) is 43.2 Å². The minimum atomic E-state index is -0.243. The molecular weight excluding hydrogens is 418 g/mol. The van der Waals surface area contributed by atoms with Crippen LogP contribution in [-0.4, -0.2) is 37.6 Å². The lowest BCUT2D eigenvalue weighted by molar-refractivity contribution is -0.121. The highest BCUT2D eigenvalue weighted by atomic mass is 16.5. The Morgan fingerprint density at radius 1 is 1.06 bits per heavy atom. The van der Waals surface area contributed by atoms with Crippen LogP contribution in [0.1, 0.15) is 60.3 Å². The molecule has 0 fully saturated rings. The minimum Gasteiger partial charge on any atom is -0.496 e. The number of hydrogen-bond acceptors (Lipinski definition) is 4. The van der Waals surface area contributed by atoms with E-state index in [1.165, 1.54) is 0 Å². The van der Waals surface area contributed by atoms with Gasteiger partial charge in [-0.15, -0.1) is 0 Å². The van der Waals surface area contributed by atoms with Crippen LogP contribution in [0, 0.1) is 6.92 Å². The van der Waals surface area contributed by atoms with Crippen LogP contribution in [0.15, 0.2) is 42.5 Å². The molecule has 3 N–H and O–H groups in total. The van der Waals surface area contributed by atoms with E-state index in [4.69, 9.17) is 9.47 Å². The standard InChI is InChI=1S/C26H33N3O4/c1-5-6-10-20(25-22(32-3)14-17(2)15-23(25)33-4)29-24(30)12-13-27-26(31)21-16-18-9-7-8-11-19(18)28-21/h7-9,11,14-16,20,28H,5-6,10,12-13H2,1-4H3,(H,27,31)(H,29,30)/t20-/m1/s1. The van der Waals surface area contributed by atoms with Crippen molar-refractivity contribution in [2.75, 3.05) is 20.8 Å². The zero-order valence-corrected chi connectivity index (χ0v) is 19.8. The number of ether oxygens (including phenoxy) is 2. The molecule has 3 rings (SSSR count). The molecule has 2 amide bonds. The van der Waals surface area contributed by atoms with Crippen LogP contribution >= 0.6 is 0 Å². The first-order valence-electron chi connectivity index (χ1n) is 11.3. The number of aromatic nitrogens is 1. The highest BCUT2D eigenvalue weighted by Gasteiger charge is 2.23.